The van der Waals surface area contributed by atoms with Crippen LogP contribution in [0.25, 0.3) is 10.9 Å². The van der Waals surface area contributed by atoms with E-state index < -0.39 is 21.3 Å². The smallest absolute Gasteiger partial charge is 0.330 e. The van der Waals surface area contributed by atoms with Crippen molar-refractivity contribution in [2.75, 3.05) is 26.7 Å². The molecular formula is C17H22N4O5S. The van der Waals surface area contributed by atoms with Crippen LogP contribution in [0.2, 0.25) is 0 Å². The van der Waals surface area contributed by atoms with Crippen LogP contribution in [0, 0.1) is 0 Å². The van der Waals surface area contributed by atoms with Gasteiger partial charge in [-0.25, -0.2) is 13.2 Å². The second-order valence-electron chi connectivity index (χ2n) is 6.73. The summed E-state index contributed by atoms with van der Waals surface area (Å²) in [5.41, 5.74) is -0.713. The maximum absolute atomic E-state index is 12.9. The number of rotatable bonds is 4. The van der Waals surface area contributed by atoms with Crippen molar-refractivity contribution in [1.82, 2.24) is 18.3 Å². The van der Waals surface area contributed by atoms with Crippen LogP contribution in [0.5, 0.6) is 0 Å². The van der Waals surface area contributed by atoms with Crippen molar-refractivity contribution in [1.29, 1.82) is 0 Å². The summed E-state index contributed by atoms with van der Waals surface area (Å²) in [6.07, 6.45) is 1.85. The van der Waals surface area contributed by atoms with Crippen LogP contribution in [-0.4, -0.2) is 59.3 Å². The molecule has 1 saturated heterocycles. The Balaban J connectivity index is 1.99. The summed E-state index contributed by atoms with van der Waals surface area (Å²) in [5.74, 6) is -0.238. The number of aryl methyl sites for hydroxylation is 1. The number of nitrogens with zero attached hydrogens (tertiary/aromatic N) is 4. The van der Waals surface area contributed by atoms with E-state index in [4.69, 9.17) is 0 Å². The van der Waals surface area contributed by atoms with Crippen LogP contribution in [0.1, 0.15) is 12.8 Å². The highest BCUT2D eigenvalue weighted by molar-refractivity contribution is 7.89. The molecule has 146 valence electrons. The van der Waals surface area contributed by atoms with E-state index in [-0.39, 0.29) is 22.7 Å². The van der Waals surface area contributed by atoms with Crippen molar-refractivity contribution in [3.05, 3.63) is 39.0 Å². The third kappa shape index (κ3) is 3.30. The Morgan fingerprint density at radius 2 is 1.74 bits per heavy atom. The van der Waals surface area contributed by atoms with E-state index in [0.717, 1.165) is 21.7 Å². The first-order valence-corrected chi connectivity index (χ1v) is 10.0. The van der Waals surface area contributed by atoms with Gasteiger partial charge >= 0.3 is 5.69 Å². The Morgan fingerprint density at radius 1 is 1.11 bits per heavy atom. The van der Waals surface area contributed by atoms with Gasteiger partial charge in [0, 0.05) is 34.2 Å². The molecule has 0 radical (unpaired) electrons. The van der Waals surface area contributed by atoms with E-state index in [2.05, 4.69) is 0 Å². The minimum Gasteiger partial charge on any atom is -0.342 e. The predicted octanol–water partition coefficient (Wildman–Crippen LogP) is -0.520. The van der Waals surface area contributed by atoms with Gasteiger partial charge in [-0.3, -0.25) is 18.7 Å². The van der Waals surface area contributed by atoms with Gasteiger partial charge in [-0.1, -0.05) is 0 Å². The Bertz CT molecular complexity index is 1130. The number of likely N-dealkylation sites (tertiary alicyclic amines) is 1. The molecule has 0 atom stereocenters. The molecule has 1 aromatic carbocycles. The maximum atomic E-state index is 12.9. The molecule has 0 bridgehead atoms. The molecule has 2 aromatic rings. The van der Waals surface area contributed by atoms with Crippen molar-refractivity contribution in [3.8, 4) is 0 Å². The van der Waals surface area contributed by atoms with E-state index in [1.807, 2.05) is 0 Å². The molecule has 1 fully saturated rings. The number of sulfonamides is 1. The number of carbonyl (C=O) groups is 1. The van der Waals surface area contributed by atoms with E-state index in [0.29, 0.717) is 18.6 Å². The molecule has 0 N–H and O–H groups in total. The summed E-state index contributed by atoms with van der Waals surface area (Å²) in [4.78, 5) is 38.2. The minimum atomic E-state index is -3.96. The van der Waals surface area contributed by atoms with Crippen LogP contribution in [0.4, 0.5) is 0 Å². The van der Waals surface area contributed by atoms with Gasteiger partial charge in [0.1, 0.15) is 0 Å². The van der Waals surface area contributed by atoms with Gasteiger partial charge in [-0.15, -0.1) is 0 Å². The second kappa shape index (κ2) is 6.93. The van der Waals surface area contributed by atoms with Crippen molar-refractivity contribution < 1.29 is 13.2 Å². The molecule has 0 spiro atoms. The molecule has 10 heteroatoms. The molecule has 0 aliphatic carbocycles. The summed E-state index contributed by atoms with van der Waals surface area (Å²) >= 11 is 0. The summed E-state index contributed by atoms with van der Waals surface area (Å²) < 4.78 is 28.9. The maximum Gasteiger partial charge on any atom is 0.330 e. The third-order valence-corrected chi connectivity index (χ3v) is 6.76. The van der Waals surface area contributed by atoms with E-state index in [1.165, 1.54) is 43.9 Å². The summed E-state index contributed by atoms with van der Waals surface area (Å²) in [6, 6.07) is 4.03. The van der Waals surface area contributed by atoms with E-state index in [1.54, 1.807) is 4.90 Å². The van der Waals surface area contributed by atoms with Crippen LogP contribution in [0.3, 0.4) is 0 Å². The van der Waals surface area contributed by atoms with Gasteiger partial charge in [0.15, 0.2) is 0 Å². The number of amides is 1. The zero-order valence-corrected chi connectivity index (χ0v) is 16.3. The van der Waals surface area contributed by atoms with Gasteiger partial charge in [0.25, 0.3) is 5.56 Å². The normalized spacial score (nSPS) is 15.0. The summed E-state index contributed by atoms with van der Waals surface area (Å²) in [6.45, 7) is 1.03. The first-order valence-electron chi connectivity index (χ1n) is 8.58. The number of aromatic nitrogens is 2. The van der Waals surface area contributed by atoms with Gasteiger partial charge in [0.2, 0.25) is 15.9 Å². The molecule has 1 aliphatic heterocycles. The van der Waals surface area contributed by atoms with Crippen LogP contribution in [0.15, 0.2) is 32.7 Å². The summed E-state index contributed by atoms with van der Waals surface area (Å²) in [7, 11) is 0.235. The SMILES string of the molecule is CN(CC(=O)N1CCCC1)S(=O)(=O)c1ccc2c(c1)c(=O)n(C)c(=O)n2C. The Labute approximate surface area is 156 Å². The molecule has 3 rings (SSSR count). The third-order valence-electron chi connectivity index (χ3n) is 4.96. The quantitative estimate of drug-likeness (QED) is 0.694. The van der Waals surface area contributed by atoms with Crippen molar-refractivity contribution >= 4 is 26.8 Å². The Hall–Kier alpha value is -2.46. The molecule has 1 aromatic heterocycles. The minimum absolute atomic E-state index is 0.0949. The number of hydrogen-bond donors (Lipinski definition) is 0. The number of carbonyl (C=O) groups excluding carboxylic acids is 1. The van der Waals surface area contributed by atoms with Gasteiger partial charge in [-0.2, -0.15) is 4.31 Å². The second-order valence-corrected chi connectivity index (χ2v) is 8.78. The van der Waals surface area contributed by atoms with Gasteiger partial charge < -0.3 is 4.90 Å². The van der Waals surface area contributed by atoms with Crippen LogP contribution >= 0.6 is 0 Å². The fourth-order valence-electron chi connectivity index (χ4n) is 3.26. The first-order chi connectivity index (χ1) is 12.6. The standard InChI is InChI=1S/C17H22N4O5S/c1-18(11-15(22)21-8-4-5-9-21)27(25,26)12-6-7-14-13(10-12)16(23)20(3)17(24)19(14)2/h6-7,10H,4-5,8-9,11H2,1-3H3. The lowest BCUT2D eigenvalue weighted by atomic mass is 10.2. The number of fused-ring (bicyclic) bond motifs is 1. The largest absolute Gasteiger partial charge is 0.342 e. The number of likely N-dealkylation sites (N-methyl/N-ethyl adjacent to an activating group) is 1. The number of benzene rings is 1. The highest BCUT2D eigenvalue weighted by Crippen LogP contribution is 2.19. The van der Waals surface area contributed by atoms with Gasteiger partial charge in [-0.05, 0) is 31.0 Å². The van der Waals surface area contributed by atoms with Crippen molar-refractivity contribution in [3.63, 3.8) is 0 Å². The zero-order valence-electron chi connectivity index (χ0n) is 15.5. The lowest BCUT2D eigenvalue weighted by Gasteiger charge is -2.21. The highest BCUT2D eigenvalue weighted by atomic mass is 32.2. The molecule has 0 saturated carbocycles. The van der Waals surface area contributed by atoms with E-state index >= 15 is 0 Å². The van der Waals surface area contributed by atoms with Crippen molar-refractivity contribution in [2.24, 2.45) is 14.1 Å². The molecule has 2 heterocycles. The molecule has 9 nitrogen and oxygen atoms in total. The molecular weight excluding hydrogens is 372 g/mol. The monoisotopic (exact) mass is 394 g/mol. The fraction of sp³-hybridized carbons (Fsp3) is 0.471. The lowest BCUT2D eigenvalue weighted by Crippen LogP contribution is -2.40. The zero-order chi connectivity index (χ0) is 19.9. The predicted molar refractivity (Wildman–Crippen MR) is 100 cm³/mol. The molecule has 1 aliphatic rings. The van der Waals surface area contributed by atoms with Crippen molar-refractivity contribution in [2.45, 2.75) is 17.7 Å². The highest BCUT2D eigenvalue weighted by Gasteiger charge is 2.27. The topological polar surface area (TPSA) is 102 Å². The molecule has 27 heavy (non-hydrogen) atoms. The Kier molecular flexibility index (Phi) is 4.96. The van der Waals surface area contributed by atoms with Crippen LogP contribution < -0.4 is 11.2 Å². The molecule has 0 unspecified atom stereocenters. The Morgan fingerprint density at radius 3 is 2.37 bits per heavy atom. The fourth-order valence-corrected chi connectivity index (χ4v) is 4.40. The van der Waals surface area contributed by atoms with Crippen LogP contribution in [-0.2, 0) is 28.9 Å². The lowest BCUT2D eigenvalue weighted by molar-refractivity contribution is -0.130. The summed E-state index contributed by atoms with van der Waals surface area (Å²) in [5, 5.41) is 0.125. The van der Waals surface area contributed by atoms with E-state index in [9.17, 15) is 22.8 Å². The first kappa shape index (κ1) is 19.3. The average molecular weight is 394 g/mol. The number of hydrogen-bond acceptors (Lipinski definition) is 5. The van der Waals surface area contributed by atoms with Gasteiger partial charge in [0.05, 0.1) is 22.3 Å². The average Bonchev–Trinajstić information content (AvgIpc) is 3.19. The molecule has 1 amide bonds.